The molecule has 104 valence electrons. The monoisotopic (exact) mass is 264 g/mol. The summed E-state index contributed by atoms with van der Waals surface area (Å²) in [5.74, 6) is -0.624. The fraction of sp³-hybridized carbons (Fsp3) is 0.429. The van der Waals surface area contributed by atoms with Crippen molar-refractivity contribution in [3.05, 3.63) is 35.9 Å². The fourth-order valence-corrected chi connectivity index (χ4v) is 1.65. The molecule has 0 aliphatic carbocycles. The van der Waals surface area contributed by atoms with E-state index in [-0.39, 0.29) is 18.6 Å². The molecule has 5 heteroatoms. The van der Waals surface area contributed by atoms with E-state index in [1.807, 2.05) is 30.3 Å². The van der Waals surface area contributed by atoms with Gasteiger partial charge in [-0.2, -0.15) is 0 Å². The third-order valence-electron chi connectivity index (χ3n) is 2.53. The van der Waals surface area contributed by atoms with Crippen LogP contribution in [0.25, 0.3) is 0 Å². The van der Waals surface area contributed by atoms with E-state index in [0.29, 0.717) is 6.42 Å². The van der Waals surface area contributed by atoms with Crippen molar-refractivity contribution in [2.75, 3.05) is 6.61 Å². The summed E-state index contributed by atoms with van der Waals surface area (Å²) in [4.78, 5) is 22.5. The minimum absolute atomic E-state index is 0.120. The topological polar surface area (TPSA) is 81.4 Å². The van der Waals surface area contributed by atoms with E-state index in [1.54, 1.807) is 6.92 Å². The summed E-state index contributed by atoms with van der Waals surface area (Å²) in [5, 5.41) is 2.77. The lowest BCUT2D eigenvalue weighted by molar-refractivity contribution is -0.146. The molecule has 0 fully saturated rings. The lowest BCUT2D eigenvalue weighted by Gasteiger charge is -2.18. The zero-order chi connectivity index (χ0) is 14.3. The van der Waals surface area contributed by atoms with Crippen molar-refractivity contribution in [1.29, 1.82) is 0 Å². The summed E-state index contributed by atoms with van der Waals surface area (Å²) in [6.07, 6.45) is 0.604. The van der Waals surface area contributed by atoms with Crippen LogP contribution in [-0.4, -0.2) is 30.6 Å². The predicted octanol–water partition coefficient (Wildman–Crippen LogP) is 0.624. The number of nitrogens with two attached hydrogens (primary N) is 1. The molecule has 0 spiro atoms. The van der Waals surface area contributed by atoms with Gasteiger partial charge in [0.2, 0.25) is 5.91 Å². The van der Waals surface area contributed by atoms with Crippen LogP contribution < -0.4 is 11.1 Å². The molecule has 0 aromatic heterocycles. The van der Waals surface area contributed by atoms with Gasteiger partial charge in [0.15, 0.2) is 0 Å². The number of benzene rings is 1. The normalized spacial score (nSPS) is 13.4. The van der Waals surface area contributed by atoms with Crippen LogP contribution >= 0.6 is 0 Å². The number of nitrogens with one attached hydrogen (secondary N) is 1. The van der Waals surface area contributed by atoms with Gasteiger partial charge >= 0.3 is 5.97 Å². The molecule has 0 saturated heterocycles. The second-order valence-corrected chi connectivity index (χ2v) is 4.51. The molecule has 1 rings (SSSR count). The lowest BCUT2D eigenvalue weighted by Crippen LogP contribution is -2.40. The molecular weight excluding hydrogens is 244 g/mol. The number of rotatable bonds is 6. The summed E-state index contributed by atoms with van der Waals surface area (Å²) in [7, 11) is 0. The first-order valence-corrected chi connectivity index (χ1v) is 6.22. The van der Waals surface area contributed by atoms with Gasteiger partial charge in [0.05, 0.1) is 6.04 Å². The smallest absolute Gasteiger partial charge is 0.322 e. The Morgan fingerprint density at radius 3 is 2.47 bits per heavy atom. The third kappa shape index (κ3) is 6.01. The molecule has 5 nitrogen and oxygen atoms in total. The molecule has 0 unspecified atom stereocenters. The van der Waals surface area contributed by atoms with Crippen molar-refractivity contribution >= 4 is 11.9 Å². The second-order valence-electron chi connectivity index (χ2n) is 4.51. The molecular formula is C14H20N2O3. The maximum atomic E-state index is 11.3. The highest BCUT2D eigenvalue weighted by atomic mass is 16.5. The van der Waals surface area contributed by atoms with Crippen LogP contribution in [0.2, 0.25) is 0 Å². The van der Waals surface area contributed by atoms with Crippen LogP contribution in [0.3, 0.4) is 0 Å². The van der Waals surface area contributed by atoms with Crippen LogP contribution in [0.1, 0.15) is 19.4 Å². The van der Waals surface area contributed by atoms with Gasteiger partial charge in [-0.25, -0.2) is 0 Å². The summed E-state index contributed by atoms with van der Waals surface area (Å²) in [6.45, 7) is 3.12. The van der Waals surface area contributed by atoms with Crippen molar-refractivity contribution in [3.8, 4) is 0 Å². The minimum Gasteiger partial charge on any atom is -0.462 e. The highest BCUT2D eigenvalue weighted by molar-refractivity contribution is 5.75. The average molecular weight is 264 g/mol. The van der Waals surface area contributed by atoms with Gasteiger partial charge in [-0.15, -0.1) is 0 Å². The third-order valence-corrected chi connectivity index (χ3v) is 2.53. The lowest BCUT2D eigenvalue weighted by atomic mass is 10.1. The molecule has 19 heavy (non-hydrogen) atoms. The molecule has 0 aliphatic heterocycles. The molecule has 3 N–H and O–H groups in total. The average Bonchev–Trinajstić information content (AvgIpc) is 2.36. The van der Waals surface area contributed by atoms with E-state index in [4.69, 9.17) is 10.5 Å². The van der Waals surface area contributed by atoms with Gasteiger partial charge < -0.3 is 15.8 Å². The van der Waals surface area contributed by atoms with Gasteiger partial charge in [-0.1, -0.05) is 30.3 Å². The first kappa shape index (κ1) is 15.2. The summed E-state index contributed by atoms with van der Waals surface area (Å²) in [5.41, 5.74) is 6.48. The van der Waals surface area contributed by atoms with E-state index in [0.717, 1.165) is 5.56 Å². The van der Waals surface area contributed by atoms with Gasteiger partial charge in [-0.05, 0) is 18.9 Å². The SMILES string of the molecule is CC(=O)N[C@H](COC(=O)[C@H](C)N)Cc1ccccc1. The van der Waals surface area contributed by atoms with E-state index in [2.05, 4.69) is 5.32 Å². The molecule has 0 aliphatic rings. The Balaban J connectivity index is 2.57. The maximum Gasteiger partial charge on any atom is 0.322 e. The maximum absolute atomic E-state index is 11.3. The highest BCUT2D eigenvalue weighted by Crippen LogP contribution is 2.04. The van der Waals surface area contributed by atoms with Crippen molar-refractivity contribution in [1.82, 2.24) is 5.32 Å². The molecule has 1 aromatic rings. The Morgan fingerprint density at radius 2 is 1.95 bits per heavy atom. The predicted molar refractivity (Wildman–Crippen MR) is 72.4 cm³/mol. The summed E-state index contributed by atoms with van der Waals surface area (Å²) >= 11 is 0. The van der Waals surface area contributed by atoms with E-state index >= 15 is 0 Å². The van der Waals surface area contributed by atoms with Gasteiger partial charge in [0.1, 0.15) is 12.6 Å². The Kier molecular flexibility index (Phi) is 6.02. The number of hydrogen-bond donors (Lipinski definition) is 2. The van der Waals surface area contributed by atoms with E-state index in [9.17, 15) is 9.59 Å². The van der Waals surface area contributed by atoms with Crippen molar-refractivity contribution in [3.63, 3.8) is 0 Å². The Labute approximate surface area is 113 Å². The number of carbonyl (C=O) groups is 2. The summed E-state index contributed by atoms with van der Waals surface area (Å²) < 4.78 is 5.06. The van der Waals surface area contributed by atoms with Crippen LogP contribution in [0.5, 0.6) is 0 Å². The standard InChI is InChI=1S/C14H20N2O3/c1-10(15)14(18)19-9-13(16-11(2)17)8-12-6-4-3-5-7-12/h3-7,10,13H,8-9,15H2,1-2H3,(H,16,17)/t10-,13-/m0/s1. The van der Waals surface area contributed by atoms with E-state index < -0.39 is 12.0 Å². The van der Waals surface area contributed by atoms with Crippen molar-refractivity contribution in [2.24, 2.45) is 5.73 Å². The van der Waals surface area contributed by atoms with Gasteiger partial charge in [0, 0.05) is 6.92 Å². The van der Waals surface area contributed by atoms with Crippen LogP contribution in [-0.2, 0) is 20.7 Å². The van der Waals surface area contributed by atoms with Crippen LogP contribution in [0.4, 0.5) is 0 Å². The number of carbonyl (C=O) groups excluding carboxylic acids is 2. The Bertz CT molecular complexity index is 418. The molecule has 0 saturated carbocycles. The van der Waals surface area contributed by atoms with Crippen LogP contribution in [0.15, 0.2) is 30.3 Å². The number of amides is 1. The minimum atomic E-state index is -0.658. The number of esters is 1. The van der Waals surface area contributed by atoms with Crippen molar-refractivity contribution < 1.29 is 14.3 Å². The fourth-order valence-electron chi connectivity index (χ4n) is 1.65. The van der Waals surface area contributed by atoms with E-state index in [1.165, 1.54) is 6.92 Å². The van der Waals surface area contributed by atoms with Crippen molar-refractivity contribution in [2.45, 2.75) is 32.4 Å². The zero-order valence-electron chi connectivity index (χ0n) is 11.3. The van der Waals surface area contributed by atoms with Crippen LogP contribution in [0, 0.1) is 0 Å². The second kappa shape index (κ2) is 7.53. The number of ether oxygens (including phenoxy) is 1. The first-order chi connectivity index (χ1) is 8.99. The molecule has 2 atom stereocenters. The molecule has 0 heterocycles. The molecule has 1 amide bonds. The highest BCUT2D eigenvalue weighted by Gasteiger charge is 2.15. The van der Waals surface area contributed by atoms with Gasteiger partial charge in [-0.3, -0.25) is 9.59 Å². The Hall–Kier alpha value is -1.88. The first-order valence-electron chi connectivity index (χ1n) is 6.22. The summed E-state index contributed by atoms with van der Waals surface area (Å²) in [6, 6.07) is 8.79. The quantitative estimate of drug-likeness (QED) is 0.738. The largest absolute Gasteiger partial charge is 0.462 e. The molecule has 1 aromatic carbocycles. The molecule has 0 radical (unpaired) electrons. The Morgan fingerprint density at radius 1 is 1.32 bits per heavy atom. The molecule has 0 bridgehead atoms. The van der Waals surface area contributed by atoms with Gasteiger partial charge in [0.25, 0.3) is 0 Å². The number of hydrogen-bond acceptors (Lipinski definition) is 4. The zero-order valence-corrected chi connectivity index (χ0v) is 11.3.